The van der Waals surface area contributed by atoms with E-state index in [9.17, 15) is 0 Å². The third kappa shape index (κ3) is 2.80. The van der Waals surface area contributed by atoms with E-state index < -0.39 is 0 Å². The van der Waals surface area contributed by atoms with Crippen LogP contribution < -0.4 is 5.32 Å². The van der Waals surface area contributed by atoms with Crippen LogP contribution in [0.5, 0.6) is 0 Å². The fraction of sp³-hybridized carbons (Fsp3) is 1.00. The van der Waals surface area contributed by atoms with Gasteiger partial charge < -0.3 is 4.74 Å². The number of hydrogen-bond donors (Lipinski definition) is 1. The van der Waals surface area contributed by atoms with Crippen molar-refractivity contribution in [3.05, 3.63) is 0 Å². The van der Waals surface area contributed by atoms with Crippen molar-refractivity contribution in [1.29, 1.82) is 0 Å². The maximum absolute atomic E-state index is 5.80. The van der Waals surface area contributed by atoms with Gasteiger partial charge in [0, 0.05) is 6.54 Å². The van der Waals surface area contributed by atoms with Gasteiger partial charge in [-0.25, -0.2) is 0 Å². The van der Waals surface area contributed by atoms with Gasteiger partial charge in [-0.2, -0.15) is 0 Å². The molecule has 1 fully saturated rings. The highest BCUT2D eigenvalue weighted by molar-refractivity contribution is 4.75. The van der Waals surface area contributed by atoms with Crippen LogP contribution >= 0.6 is 0 Å². The molecule has 0 amide bonds. The lowest BCUT2D eigenvalue weighted by molar-refractivity contribution is -0.122. The predicted octanol–water partition coefficient (Wildman–Crippen LogP) is 1.90. The van der Waals surface area contributed by atoms with Gasteiger partial charge in [0.25, 0.3) is 0 Å². The third-order valence-electron chi connectivity index (χ3n) is 2.09. The second-order valence-electron chi connectivity index (χ2n) is 3.75. The molecule has 0 spiro atoms. The molecule has 2 heteroatoms. The summed E-state index contributed by atoms with van der Waals surface area (Å²) in [5.74, 6) is 0. The number of nitrogens with one attached hydrogen (secondary N) is 1. The van der Waals surface area contributed by atoms with Gasteiger partial charge in [-0.15, -0.1) is 0 Å². The number of ether oxygens (including phenoxy) is 1. The SMILES string of the molecule is CCCC1CCNC(C)(C)O1. The van der Waals surface area contributed by atoms with Gasteiger partial charge in [-0.1, -0.05) is 13.3 Å². The summed E-state index contributed by atoms with van der Waals surface area (Å²) in [4.78, 5) is 0. The minimum atomic E-state index is -0.0991. The van der Waals surface area contributed by atoms with E-state index in [4.69, 9.17) is 4.74 Å². The highest BCUT2D eigenvalue weighted by Gasteiger charge is 2.26. The van der Waals surface area contributed by atoms with Crippen LogP contribution in [-0.2, 0) is 4.74 Å². The van der Waals surface area contributed by atoms with Gasteiger partial charge in [0.15, 0.2) is 0 Å². The van der Waals surface area contributed by atoms with Crippen LogP contribution in [0.15, 0.2) is 0 Å². The van der Waals surface area contributed by atoms with Gasteiger partial charge >= 0.3 is 0 Å². The summed E-state index contributed by atoms with van der Waals surface area (Å²) < 4.78 is 5.80. The van der Waals surface area contributed by atoms with Crippen molar-refractivity contribution in [1.82, 2.24) is 5.32 Å². The third-order valence-corrected chi connectivity index (χ3v) is 2.09. The fourth-order valence-corrected chi connectivity index (χ4v) is 1.58. The van der Waals surface area contributed by atoms with Crippen molar-refractivity contribution in [2.45, 2.75) is 51.9 Å². The molecule has 1 aliphatic heterocycles. The van der Waals surface area contributed by atoms with Crippen molar-refractivity contribution in [2.75, 3.05) is 6.54 Å². The molecule has 0 bridgehead atoms. The van der Waals surface area contributed by atoms with Gasteiger partial charge in [0.2, 0.25) is 0 Å². The molecule has 0 aromatic rings. The molecule has 1 saturated heterocycles. The Labute approximate surface area is 69.3 Å². The molecule has 1 aliphatic rings. The summed E-state index contributed by atoms with van der Waals surface area (Å²) in [6.45, 7) is 7.49. The molecular formula is C9H19NO. The minimum Gasteiger partial charge on any atom is -0.358 e. The Morgan fingerprint density at radius 1 is 1.55 bits per heavy atom. The van der Waals surface area contributed by atoms with Crippen LogP contribution in [0, 0.1) is 0 Å². The molecule has 11 heavy (non-hydrogen) atoms. The van der Waals surface area contributed by atoms with E-state index in [2.05, 4.69) is 26.1 Å². The molecule has 2 nitrogen and oxygen atoms in total. The summed E-state index contributed by atoms with van der Waals surface area (Å²) in [7, 11) is 0. The van der Waals surface area contributed by atoms with Crippen molar-refractivity contribution >= 4 is 0 Å². The normalized spacial score (nSPS) is 30.3. The molecule has 0 aliphatic carbocycles. The maximum atomic E-state index is 5.80. The second-order valence-corrected chi connectivity index (χ2v) is 3.75. The molecule has 0 aromatic carbocycles. The average molecular weight is 157 g/mol. The smallest absolute Gasteiger partial charge is 0.113 e. The number of rotatable bonds is 2. The highest BCUT2D eigenvalue weighted by atomic mass is 16.5. The van der Waals surface area contributed by atoms with E-state index in [1.54, 1.807) is 0 Å². The first-order valence-corrected chi connectivity index (χ1v) is 4.57. The Bertz CT molecular complexity index is 121. The quantitative estimate of drug-likeness (QED) is 0.661. The van der Waals surface area contributed by atoms with Crippen molar-refractivity contribution in [3.8, 4) is 0 Å². The Kier molecular flexibility index (Phi) is 2.90. The minimum absolute atomic E-state index is 0.0991. The van der Waals surface area contributed by atoms with E-state index in [1.165, 1.54) is 12.8 Å². The lowest BCUT2D eigenvalue weighted by Crippen LogP contribution is -2.50. The molecule has 1 atom stereocenters. The van der Waals surface area contributed by atoms with E-state index >= 15 is 0 Å². The average Bonchev–Trinajstić information content (AvgIpc) is 1.85. The Hall–Kier alpha value is -0.0800. The van der Waals surface area contributed by atoms with Crippen LogP contribution in [0.1, 0.15) is 40.0 Å². The Morgan fingerprint density at radius 3 is 2.82 bits per heavy atom. The Morgan fingerprint density at radius 2 is 2.27 bits per heavy atom. The van der Waals surface area contributed by atoms with Crippen molar-refractivity contribution in [3.63, 3.8) is 0 Å². The molecule has 0 radical (unpaired) electrons. The van der Waals surface area contributed by atoms with E-state index in [0.717, 1.165) is 13.0 Å². The summed E-state index contributed by atoms with van der Waals surface area (Å²) in [5.41, 5.74) is -0.0991. The molecule has 0 saturated carbocycles. The van der Waals surface area contributed by atoms with Crippen LogP contribution in [-0.4, -0.2) is 18.4 Å². The summed E-state index contributed by atoms with van der Waals surface area (Å²) in [6, 6.07) is 0. The topological polar surface area (TPSA) is 21.3 Å². The first-order chi connectivity index (χ1) is 5.14. The molecule has 1 rings (SSSR count). The predicted molar refractivity (Wildman–Crippen MR) is 46.5 cm³/mol. The van der Waals surface area contributed by atoms with Crippen LogP contribution in [0.4, 0.5) is 0 Å². The lowest BCUT2D eigenvalue weighted by atomic mass is 10.1. The molecule has 66 valence electrons. The summed E-state index contributed by atoms with van der Waals surface area (Å²) in [6.07, 6.45) is 4.07. The number of hydrogen-bond acceptors (Lipinski definition) is 2. The van der Waals surface area contributed by atoms with E-state index in [-0.39, 0.29) is 5.72 Å². The zero-order valence-corrected chi connectivity index (χ0v) is 7.81. The lowest BCUT2D eigenvalue weighted by Gasteiger charge is -2.37. The van der Waals surface area contributed by atoms with E-state index in [0.29, 0.717) is 6.10 Å². The molecule has 1 heterocycles. The van der Waals surface area contributed by atoms with Crippen LogP contribution in [0.2, 0.25) is 0 Å². The molecule has 0 aromatic heterocycles. The van der Waals surface area contributed by atoms with Crippen molar-refractivity contribution in [2.24, 2.45) is 0 Å². The van der Waals surface area contributed by atoms with Crippen molar-refractivity contribution < 1.29 is 4.74 Å². The molecular weight excluding hydrogens is 138 g/mol. The fourth-order valence-electron chi connectivity index (χ4n) is 1.58. The van der Waals surface area contributed by atoms with Gasteiger partial charge in [-0.3, -0.25) is 5.32 Å². The van der Waals surface area contributed by atoms with E-state index in [1.807, 2.05) is 0 Å². The highest BCUT2D eigenvalue weighted by Crippen LogP contribution is 2.19. The van der Waals surface area contributed by atoms with Gasteiger partial charge in [-0.05, 0) is 26.7 Å². The molecule has 1 N–H and O–H groups in total. The zero-order valence-electron chi connectivity index (χ0n) is 7.81. The monoisotopic (exact) mass is 157 g/mol. The second kappa shape index (κ2) is 3.55. The van der Waals surface area contributed by atoms with Crippen LogP contribution in [0.25, 0.3) is 0 Å². The zero-order chi connectivity index (χ0) is 8.32. The summed E-state index contributed by atoms with van der Waals surface area (Å²) >= 11 is 0. The first-order valence-electron chi connectivity index (χ1n) is 4.57. The van der Waals surface area contributed by atoms with Gasteiger partial charge in [0.05, 0.1) is 6.10 Å². The first kappa shape index (κ1) is 9.01. The van der Waals surface area contributed by atoms with Gasteiger partial charge in [0.1, 0.15) is 5.72 Å². The largest absolute Gasteiger partial charge is 0.358 e. The van der Waals surface area contributed by atoms with Crippen LogP contribution in [0.3, 0.4) is 0 Å². The maximum Gasteiger partial charge on any atom is 0.113 e. The standard InChI is InChI=1S/C9H19NO/c1-4-5-8-6-7-10-9(2,3)11-8/h8,10H,4-7H2,1-3H3. The summed E-state index contributed by atoms with van der Waals surface area (Å²) in [5, 5.41) is 3.32. The molecule has 1 unspecified atom stereocenters. The Balaban J connectivity index is 2.34.